The van der Waals surface area contributed by atoms with Gasteiger partial charge in [-0.1, -0.05) is 0 Å². The molecule has 0 aromatic heterocycles. The number of Topliss-reactive ketones (excluding diaryl/α,β-unsaturated/α-hetero) is 1. The summed E-state index contributed by atoms with van der Waals surface area (Å²) in [5.41, 5.74) is 2.11. The molecule has 3 rings (SSSR count). The zero-order valence-corrected chi connectivity index (χ0v) is 13.7. The van der Waals surface area contributed by atoms with Gasteiger partial charge in [0.05, 0.1) is 16.9 Å². The monoisotopic (exact) mass is 351 g/mol. The van der Waals surface area contributed by atoms with Crippen molar-refractivity contribution < 1.29 is 9.59 Å². The largest absolute Gasteiger partial charge is 0.367 e. The molecule has 21 heavy (non-hydrogen) atoms. The van der Waals surface area contributed by atoms with Crippen LogP contribution >= 0.6 is 15.9 Å². The number of hydrogen-bond donors (Lipinski definition) is 1. The van der Waals surface area contributed by atoms with Crippen molar-refractivity contribution in [1.82, 2.24) is 4.90 Å². The van der Waals surface area contributed by atoms with Gasteiger partial charge in [0.25, 0.3) is 11.7 Å². The molecule has 0 aliphatic carbocycles. The minimum Gasteiger partial charge on any atom is -0.367 e. The molecule has 1 N–H and O–H groups in total. The van der Waals surface area contributed by atoms with Crippen molar-refractivity contribution in [3.8, 4) is 0 Å². The van der Waals surface area contributed by atoms with Crippen molar-refractivity contribution in [3.05, 3.63) is 22.2 Å². The number of hydrogen-bond acceptors (Lipinski definition) is 4. The second-order valence-corrected chi connectivity index (χ2v) is 6.65. The second kappa shape index (κ2) is 5.42. The van der Waals surface area contributed by atoms with E-state index in [4.69, 9.17) is 0 Å². The molecule has 1 fully saturated rings. The van der Waals surface area contributed by atoms with Gasteiger partial charge in [-0.3, -0.25) is 9.59 Å². The number of amides is 1. The van der Waals surface area contributed by atoms with Gasteiger partial charge in [0.15, 0.2) is 0 Å². The van der Waals surface area contributed by atoms with Gasteiger partial charge >= 0.3 is 0 Å². The van der Waals surface area contributed by atoms with E-state index in [0.29, 0.717) is 17.3 Å². The maximum absolute atomic E-state index is 11.7. The van der Waals surface area contributed by atoms with Crippen LogP contribution in [0.3, 0.4) is 0 Å². The molecule has 0 spiro atoms. The summed E-state index contributed by atoms with van der Waals surface area (Å²) in [4.78, 5) is 27.9. The summed E-state index contributed by atoms with van der Waals surface area (Å²) in [5, 5.41) is 2.65. The van der Waals surface area contributed by atoms with Gasteiger partial charge in [-0.05, 0) is 55.0 Å². The third-order valence-corrected chi connectivity index (χ3v) is 4.78. The predicted molar refractivity (Wildman–Crippen MR) is 86.0 cm³/mol. The van der Waals surface area contributed by atoms with Crippen LogP contribution in [0.15, 0.2) is 16.6 Å². The lowest BCUT2D eigenvalue weighted by Crippen LogP contribution is -2.38. The standard InChI is InChI=1S/C15H18BrN3O2/c1-9-8-18(2)4-3-5-19(9)13-7-12-10(6-11(13)16)14(20)15(21)17-12/h6-7,9H,3-5,8H2,1-2H3,(H,17,20,21). The normalized spacial score (nSPS) is 23.0. The molecule has 1 saturated heterocycles. The van der Waals surface area contributed by atoms with Crippen LogP contribution in [0.4, 0.5) is 11.4 Å². The van der Waals surface area contributed by atoms with Crippen LogP contribution in [-0.4, -0.2) is 49.3 Å². The van der Waals surface area contributed by atoms with Crippen LogP contribution in [0.1, 0.15) is 23.7 Å². The third-order valence-electron chi connectivity index (χ3n) is 4.14. The van der Waals surface area contributed by atoms with Gasteiger partial charge in [-0.2, -0.15) is 0 Å². The number of carbonyl (C=O) groups is 2. The van der Waals surface area contributed by atoms with Crippen molar-refractivity contribution in [3.63, 3.8) is 0 Å². The molecule has 1 unspecified atom stereocenters. The molecule has 1 aromatic rings. The van der Waals surface area contributed by atoms with E-state index >= 15 is 0 Å². The van der Waals surface area contributed by atoms with Crippen LogP contribution in [0.2, 0.25) is 0 Å². The highest BCUT2D eigenvalue weighted by Gasteiger charge is 2.30. The zero-order valence-electron chi connectivity index (χ0n) is 12.1. The lowest BCUT2D eigenvalue weighted by atomic mass is 10.1. The first-order valence-electron chi connectivity index (χ1n) is 7.12. The van der Waals surface area contributed by atoms with Gasteiger partial charge in [0, 0.05) is 23.6 Å². The average molecular weight is 352 g/mol. The number of rotatable bonds is 1. The molecule has 6 heteroatoms. The Labute approximate surface area is 132 Å². The van der Waals surface area contributed by atoms with E-state index in [1.165, 1.54) is 0 Å². The van der Waals surface area contributed by atoms with Crippen molar-refractivity contribution in [2.75, 3.05) is 36.9 Å². The van der Waals surface area contributed by atoms with Crippen LogP contribution in [-0.2, 0) is 4.79 Å². The van der Waals surface area contributed by atoms with Crippen molar-refractivity contribution in [2.45, 2.75) is 19.4 Å². The molecule has 2 aliphatic heterocycles. The number of fused-ring (bicyclic) bond motifs is 1. The first-order chi connectivity index (χ1) is 9.97. The van der Waals surface area contributed by atoms with Crippen molar-refractivity contribution in [1.29, 1.82) is 0 Å². The highest BCUT2D eigenvalue weighted by atomic mass is 79.9. The van der Waals surface area contributed by atoms with E-state index in [1.54, 1.807) is 6.07 Å². The van der Waals surface area contributed by atoms with Gasteiger partial charge < -0.3 is 15.1 Å². The number of halogens is 1. The number of nitrogens with one attached hydrogen (secondary N) is 1. The highest BCUT2D eigenvalue weighted by molar-refractivity contribution is 9.10. The fourth-order valence-corrected chi connectivity index (χ4v) is 3.68. The minimum absolute atomic E-state index is 0.375. The second-order valence-electron chi connectivity index (χ2n) is 5.79. The van der Waals surface area contributed by atoms with Crippen molar-refractivity contribution >= 4 is 39.0 Å². The fourth-order valence-electron chi connectivity index (χ4n) is 3.10. The summed E-state index contributed by atoms with van der Waals surface area (Å²) in [7, 11) is 2.14. The summed E-state index contributed by atoms with van der Waals surface area (Å²) in [6.45, 7) is 5.24. The molecule has 2 aliphatic rings. The Morgan fingerprint density at radius 3 is 2.81 bits per heavy atom. The zero-order chi connectivity index (χ0) is 15.1. The van der Waals surface area contributed by atoms with Gasteiger partial charge in [-0.25, -0.2) is 0 Å². The van der Waals surface area contributed by atoms with E-state index in [9.17, 15) is 9.59 Å². The molecular weight excluding hydrogens is 334 g/mol. The van der Waals surface area contributed by atoms with Crippen molar-refractivity contribution in [2.24, 2.45) is 0 Å². The fraction of sp³-hybridized carbons (Fsp3) is 0.467. The van der Waals surface area contributed by atoms with E-state index in [-0.39, 0.29) is 0 Å². The number of carbonyl (C=O) groups excluding carboxylic acids is 2. The number of likely N-dealkylation sites (N-methyl/N-ethyl adjacent to an activating group) is 1. The average Bonchev–Trinajstić information content (AvgIpc) is 2.59. The molecule has 5 nitrogen and oxygen atoms in total. The third kappa shape index (κ3) is 2.58. The minimum atomic E-state index is -0.544. The summed E-state index contributed by atoms with van der Waals surface area (Å²) >= 11 is 3.55. The maximum atomic E-state index is 11.7. The summed E-state index contributed by atoms with van der Waals surface area (Å²) in [6.07, 6.45) is 1.09. The molecular formula is C15H18BrN3O2. The molecule has 1 amide bonds. The summed E-state index contributed by atoms with van der Waals surface area (Å²) in [5.74, 6) is -1.00. The maximum Gasteiger partial charge on any atom is 0.296 e. The lowest BCUT2D eigenvalue weighted by Gasteiger charge is -2.31. The van der Waals surface area contributed by atoms with Crippen LogP contribution in [0, 0.1) is 0 Å². The predicted octanol–water partition coefficient (Wildman–Crippen LogP) is 2.11. The number of nitrogens with zero attached hydrogens (tertiary/aromatic N) is 2. The quantitative estimate of drug-likeness (QED) is 0.787. The molecule has 1 atom stereocenters. The summed E-state index contributed by atoms with van der Waals surface area (Å²) < 4.78 is 0.863. The summed E-state index contributed by atoms with van der Waals surface area (Å²) in [6, 6.07) is 4.04. The Kier molecular flexibility index (Phi) is 3.75. The SMILES string of the molecule is CC1CN(C)CCCN1c1cc2c(cc1Br)C(=O)C(=O)N2. The van der Waals surface area contributed by atoms with E-state index < -0.39 is 11.7 Å². The van der Waals surface area contributed by atoms with Gasteiger partial charge in [0.2, 0.25) is 0 Å². The smallest absolute Gasteiger partial charge is 0.296 e. The first kappa shape index (κ1) is 14.5. The molecule has 0 bridgehead atoms. The van der Waals surface area contributed by atoms with E-state index in [2.05, 4.69) is 45.0 Å². The topological polar surface area (TPSA) is 52.7 Å². The molecule has 112 valence electrons. The Morgan fingerprint density at radius 1 is 1.29 bits per heavy atom. The van der Waals surface area contributed by atoms with Crippen LogP contribution < -0.4 is 10.2 Å². The van der Waals surface area contributed by atoms with E-state index in [0.717, 1.165) is 36.2 Å². The Hall–Kier alpha value is -1.40. The van der Waals surface area contributed by atoms with Crippen LogP contribution in [0.5, 0.6) is 0 Å². The molecule has 0 radical (unpaired) electrons. The van der Waals surface area contributed by atoms with Gasteiger partial charge in [-0.15, -0.1) is 0 Å². The van der Waals surface area contributed by atoms with Gasteiger partial charge in [0.1, 0.15) is 0 Å². The number of anilines is 2. The molecule has 2 heterocycles. The lowest BCUT2D eigenvalue weighted by molar-refractivity contribution is -0.112. The Balaban J connectivity index is 1.98. The molecule has 1 aromatic carbocycles. The number of ketones is 1. The highest BCUT2D eigenvalue weighted by Crippen LogP contribution is 2.36. The number of benzene rings is 1. The Bertz CT molecular complexity index is 617. The van der Waals surface area contributed by atoms with E-state index in [1.807, 2.05) is 6.07 Å². The first-order valence-corrected chi connectivity index (χ1v) is 7.91. The molecule has 0 saturated carbocycles. The Morgan fingerprint density at radius 2 is 2.05 bits per heavy atom. The van der Waals surface area contributed by atoms with Crippen LogP contribution in [0.25, 0.3) is 0 Å².